The van der Waals surface area contributed by atoms with Crippen LogP contribution in [0.2, 0.25) is 0 Å². The van der Waals surface area contributed by atoms with Crippen molar-refractivity contribution in [2.24, 2.45) is 0 Å². The minimum Gasteiger partial charge on any atom is -0.390 e. The molecule has 1 aromatic carbocycles. The Morgan fingerprint density at radius 3 is 2.58 bits per heavy atom. The molecule has 1 fully saturated rings. The Morgan fingerprint density at radius 2 is 2.05 bits per heavy atom. The van der Waals surface area contributed by atoms with Crippen molar-refractivity contribution >= 4 is 5.91 Å². The molecule has 6 heteroatoms. The molecule has 0 aliphatic carbocycles. The molecule has 2 N–H and O–H groups in total. The second-order valence-electron chi connectivity index (χ2n) is 4.67. The van der Waals surface area contributed by atoms with Crippen LogP contribution in [0.25, 0.3) is 0 Å². The van der Waals surface area contributed by atoms with E-state index >= 15 is 0 Å². The molecule has 19 heavy (non-hydrogen) atoms. The van der Waals surface area contributed by atoms with Gasteiger partial charge in [0, 0.05) is 25.7 Å². The number of carbonyl (C=O) groups is 1. The first-order chi connectivity index (χ1) is 9.00. The summed E-state index contributed by atoms with van der Waals surface area (Å²) < 4.78 is 26.9. The topological polar surface area (TPSA) is 52.6 Å². The zero-order valence-corrected chi connectivity index (χ0v) is 10.6. The lowest BCUT2D eigenvalue weighted by molar-refractivity contribution is -0.132. The summed E-state index contributed by atoms with van der Waals surface area (Å²) in [5, 5.41) is 12.6. The van der Waals surface area contributed by atoms with Crippen molar-refractivity contribution in [2.45, 2.75) is 18.6 Å². The molecule has 104 valence electrons. The van der Waals surface area contributed by atoms with Crippen LogP contribution in [0.1, 0.15) is 5.56 Å². The Bertz CT molecular complexity index is 461. The van der Waals surface area contributed by atoms with E-state index in [1.165, 1.54) is 18.0 Å². The van der Waals surface area contributed by atoms with Gasteiger partial charge in [-0.05, 0) is 12.1 Å². The molecule has 0 aromatic heterocycles. The molecular formula is C13H16F2N2O2. The molecule has 1 amide bonds. The van der Waals surface area contributed by atoms with E-state index in [0.717, 1.165) is 12.1 Å². The predicted octanol–water partition coefficient (Wildman–Crippen LogP) is 0.298. The van der Waals surface area contributed by atoms with Gasteiger partial charge < -0.3 is 15.3 Å². The lowest BCUT2D eigenvalue weighted by Crippen LogP contribution is -2.45. The van der Waals surface area contributed by atoms with Crippen LogP contribution >= 0.6 is 0 Å². The molecule has 4 nitrogen and oxygen atoms in total. The Labute approximate surface area is 110 Å². The van der Waals surface area contributed by atoms with Crippen LogP contribution in [0.5, 0.6) is 0 Å². The smallest absolute Gasteiger partial charge is 0.227 e. The first kappa shape index (κ1) is 13.9. The zero-order chi connectivity index (χ0) is 14.0. The number of aliphatic hydroxyl groups excluding tert-OH is 1. The van der Waals surface area contributed by atoms with Crippen LogP contribution in [0.4, 0.5) is 8.78 Å². The average Bonchev–Trinajstić information content (AvgIpc) is 2.79. The Balaban J connectivity index is 2.08. The molecule has 0 radical (unpaired) electrons. The molecule has 0 bridgehead atoms. The molecule has 0 saturated carbocycles. The molecule has 1 saturated heterocycles. The van der Waals surface area contributed by atoms with E-state index in [9.17, 15) is 18.7 Å². The largest absolute Gasteiger partial charge is 0.390 e. The summed E-state index contributed by atoms with van der Waals surface area (Å²) in [6.45, 7) is 0.888. The van der Waals surface area contributed by atoms with Crippen LogP contribution in [0, 0.1) is 11.6 Å². The Morgan fingerprint density at radius 1 is 1.42 bits per heavy atom. The van der Waals surface area contributed by atoms with E-state index in [-0.39, 0.29) is 18.0 Å². The fraction of sp³-hybridized carbons (Fsp3) is 0.462. The highest BCUT2D eigenvalue weighted by Gasteiger charge is 2.31. The van der Waals surface area contributed by atoms with Gasteiger partial charge in [0.25, 0.3) is 0 Å². The number of hydrogen-bond donors (Lipinski definition) is 2. The predicted molar refractivity (Wildman–Crippen MR) is 65.5 cm³/mol. The van der Waals surface area contributed by atoms with Gasteiger partial charge in [0.05, 0.1) is 18.6 Å². The average molecular weight is 270 g/mol. The summed E-state index contributed by atoms with van der Waals surface area (Å²) in [5.41, 5.74) is -0.236. The molecule has 0 unspecified atom stereocenters. The minimum atomic E-state index is -0.730. The summed E-state index contributed by atoms with van der Waals surface area (Å²) in [6, 6.07) is 3.14. The summed E-state index contributed by atoms with van der Waals surface area (Å²) in [7, 11) is 1.53. The SMILES string of the molecule is CN(C(=O)Cc1c(F)cccc1F)[C@@H]1CNC[C@H]1O. The highest BCUT2D eigenvalue weighted by molar-refractivity contribution is 5.79. The summed E-state index contributed by atoms with van der Waals surface area (Å²) in [6.07, 6.45) is -1.00. The molecule has 1 aliphatic rings. The highest BCUT2D eigenvalue weighted by Crippen LogP contribution is 2.15. The molecule has 0 spiro atoms. The van der Waals surface area contributed by atoms with Crippen molar-refractivity contribution in [3.63, 3.8) is 0 Å². The van der Waals surface area contributed by atoms with E-state index in [1.807, 2.05) is 0 Å². The Hall–Kier alpha value is -1.53. The number of likely N-dealkylation sites (N-methyl/N-ethyl adjacent to an activating group) is 1. The summed E-state index contributed by atoms with van der Waals surface area (Å²) in [5.74, 6) is -1.88. The van der Waals surface area contributed by atoms with Crippen LogP contribution in [0.3, 0.4) is 0 Å². The van der Waals surface area contributed by atoms with Gasteiger partial charge in [-0.1, -0.05) is 6.07 Å². The standard InChI is InChI=1S/C13H16F2N2O2/c1-17(11-6-16-7-12(11)18)13(19)5-8-9(14)3-2-4-10(8)15/h2-4,11-12,16,18H,5-7H2,1H3/t11-,12-/m1/s1. The first-order valence-corrected chi connectivity index (χ1v) is 6.08. The molecule has 1 aliphatic heterocycles. The number of halogens is 2. The van der Waals surface area contributed by atoms with Gasteiger partial charge >= 0.3 is 0 Å². The number of benzene rings is 1. The molecular weight excluding hydrogens is 254 g/mol. The van der Waals surface area contributed by atoms with Gasteiger partial charge in [0.2, 0.25) is 5.91 Å². The maximum absolute atomic E-state index is 13.5. The van der Waals surface area contributed by atoms with Crippen LogP contribution < -0.4 is 5.32 Å². The van der Waals surface area contributed by atoms with Crippen LogP contribution in [-0.2, 0) is 11.2 Å². The number of rotatable bonds is 3. The first-order valence-electron chi connectivity index (χ1n) is 6.08. The van der Waals surface area contributed by atoms with Gasteiger partial charge in [-0.25, -0.2) is 8.78 Å². The minimum absolute atomic E-state index is 0.236. The van der Waals surface area contributed by atoms with Gasteiger partial charge in [-0.2, -0.15) is 0 Å². The van der Waals surface area contributed by atoms with Crippen molar-refractivity contribution in [3.8, 4) is 0 Å². The maximum Gasteiger partial charge on any atom is 0.227 e. The van der Waals surface area contributed by atoms with Crippen molar-refractivity contribution in [2.75, 3.05) is 20.1 Å². The lowest BCUT2D eigenvalue weighted by Gasteiger charge is -2.26. The van der Waals surface area contributed by atoms with Gasteiger partial charge in [-0.3, -0.25) is 4.79 Å². The number of carbonyl (C=O) groups excluding carboxylic acids is 1. The van der Waals surface area contributed by atoms with E-state index < -0.39 is 23.6 Å². The third kappa shape index (κ3) is 2.90. The molecule has 2 atom stereocenters. The zero-order valence-electron chi connectivity index (χ0n) is 10.6. The van der Waals surface area contributed by atoms with Gasteiger partial charge in [-0.15, -0.1) is 0 Å². The normalized spacial score (nSPS) is 22.5. The third-order valence-corrected chi connectivity index (χ3v) is 3.43. The number of hydrogen-bond acceptors (Lipinski definition) is 3. The number of β-amino-alcohol motifs (C(OH)–C–C–N with tert-alkyl or cyclic N) is 1. The fourth-order valence-corrected chi connectivity index (χ4v) is 2.21. The van der Waals surface area contributed by atoms with Crippen molar-refractivity contribution in [1.29, 1.82) is 0 Å². The number of amides is 1. The van der Waals surface area contributed by atoms with Crippen LogP contribution in [0.15, 0.2) is 18.2 Å². The lowest BCUT2D eigenvalue weighted by atomic mass is 10.1. The summed E-state index contributed by atoms with van der Waals surface area (Å²) in [4.78, 5) is 13.3. The number of nitrogens with zero attached hydrogens (tertiary/aromatic N) is 1. The van der Waals surface area contributed by atoms with E-state index in [1.54, 1.807) is 0 Å². The van der Waals surface area contributed by atoms with Crippen LogP contribution in [-0.4, -0.2) is 48.2 Å². The van der Waals surface area contributed by atoms with Crippen molar-refractivity contribution in [1.82, 2.24) is 10.2 Å². The fourth-order valence-electron chi connectivity index (χ4n) is 2.21. The third-order valence-electron chi connectivity index (χ3n) is 3.43. The molecule has 1 heterocycles. The number of nitrogens with one attached hydrogen (secondary N) is 1. The second-order valence-corrected chi connectivity index (χ2v) is 4.67. The van der Waals surface area contributed by atoms with Crippen molar-refractivity contribution < 1.29 is 18.7 Å². The van der Waals surface area contributed by atoms with Gasteiger partial charge in [0.15, 0.2) is 0 Å². The highest BCUT2D eigenvalue weighted by atomic mass is 19.1. The monoisotopic (exact) mass is 270 g/mol. The quantitative estimate of drug-likeness (QED) is 0.830. The maximum atomic E-state index is 13.5. The Kier molecular flexibility index (Phi) is 4.11. The van der Waals surface area contributed by atoms with Gasteiger partial charge in [0.1, 0.15) is 11.6 Å². The summed E-state index contributed by atoms with van der Waals surface area (Å²) >= 11 is 0. The van der Waals surface area contributed by atoms with E-state index in [2.05, 4.69) is 5.32 Å². The van der Waals surface area contributed by atoms with E-state index in [4.69, 9.17) is 0 Å². The van der Waals surface area contributed by atoms with Crippen molar-refractivity contribution in [3.05, 3.63) is 35.4 Å². The molecule has 1 aromatic rings. The molecule has 2 rings (SSSR count). The number of aliphatic hydroxyl groups is 1. The second kappa shape index (κ2) is 5.63. The van der Waals surface area contributed by atoms with E-state index in [0.29, 0.717) is 13.1 Å².